The molecular weight excluding hydrogens is 312 g/mol. The zero-order valence-electron chi connectivity index (χ0n) is 15.7. The summed E-state index contributed by atoms with van der Waals surface area (Å²) < 4.78 is 0. The van der Waals surface area contributed by atoms with Crippen molar-refractivity contribution in [1.82, 2.24) is 15.6 Å². The Balaban J connectivity index is 0.000000228. The number of nitrogens with one attached hydrogen (secondary N) is 3. The maximum Gasteiger partial charge on any atom is 0.211 e. The lowest BCUT2D eigenvalue weighted by Crippen LogP contribution is -2.08. The van der Waals surface area contributed by atoms with Crippen LogP contribution in [0.25, 0.3) is 0 Å². The molecule has 2 heterocycles. The zero-order chi connectivity index (χ0) is 18.5. The molecule has 25 heavy (non-hydrogen) atoms. The van der Waals surface area contributed by atoms with Gasteiger partial charge in [0.15, 0.2) is 0 Å². The Morgan fingerprint density at radius 3 is 2.48 bits per heavy atom. The molecule has 1 aromatic carbocycles. The molecule has 136 valence electrons. The average molecular weight is 342 g/mol. The van der Waals surface area contributed by atoms with Crippen LogP contribution < -0.4 is 16.0 Å². The van der Waals surface area contributed by atoms with Crippen LogP contribution >= 0.6 is 0 Å². The van der Waals surface area contributed by atoms with E-state index in [-0.39, 0.29) is 0 Å². The number of benzene rings is 1. The first-order valence-electron chi connectivity index (χ1n) is 8.59. The number of hydrogen-bond acceptors (Lipinski definition) is 4. The largest absolute Gasteiger partial charge is 0.327 e. The van der Waals surface area contributed by atoms with Gasteiger partial charge in [0.2, 0.25) is 6.41 Å². The number of amides is 1. The number of aryl methyl sites for hydroxylation is 2. The van der Waals surface area contributed by atoms with Crippen LogP contribution in [0.1, 0.15) is 29.0 Å². The third kappa shape index (κ3) is 7.92. The first kappa shape index (κ1) is 20.8. The monoisotopic (exact) mass is 342 g/mol. The second-order valence-electron chi connectivity index (χ2n) is 6.04. The van der Waals surface area contributed by atoms with E-state index < -0.39 is 0 Å². The molecule has 0 aliphatic carbocycles. The van der Waals surface area contributed by atoms with Gasteiger partial charge in [0.05, 0.1) is 11.9 Å². The summed E-state index contributed by atoms with van der Waals surface area (Å²) in [5.74, 6) is 0.749. The smallest absolute Gasteiger partial charge is 0.211 e. The van der Waals surface area contributed by atoms with Gasteiger partial charge in [-0.25, -0.2) is 0 Å². The molecule has 1 amide bonds. The van der Waals surface area contributed by atoms with Crippen LogP contribution in [0, 0.1) is 13.8 Å². The van der Waals surface area contributed by atoms with Gasteiger partial charge >= 0.3 is 0 Å². The number of nitrogens with zero attached hydrogens (tertiary/aromatic N) is 1. The summed E-state index contributed by atoms with van der Waals surface area (Å²) in [6, 6.07) is 10.4. The highest BCUT2D eigenvalue weighted by atomic mass is 16.1. The number of carbonyl (C=O) groups is 1. The van der Waals surface area contributed by atoms with Gasteiger partial charge in [0.25, 0.3) is 0 Å². The summed E-state index contributed by atoms with van der Waals surface area (Å²) in [5, 5.41) is 8.62. The van der Waals surface area contributed by atoms with E-state index >= 15 is 0 Å². The Bertz CT molecular complexity index is 610. The van der Waals surface area contributed by atoms with Crippen molar-refractivity contribution < 1.29 is 4.79 Å². The molecule has 1 saturated heterocycles. The highest BCUT2D eigenvalue weighted by Crippen LogP contribution is 2.23. The Morgan fingerprint density at radius 1 is 1.20 bits per heavy atom. The van der Waals surface area contributed by atoms with Gasteiger partial charge in [-0.2, -0.15) is 0 Å². The molecule has 5 nitrogen and oxygen atoms in total. The van der Waals surface area contributed by atoms with Crippen LogP contribution in [0.2, 0.25) is 0 Å². The molecule has 1 aliphatic heterocycles. The van der Waals surface area contributed by atoms with E-state index in [0.717, 1.165) is 12.5 Å². The van der Waals surface area contributed by atoms with Crippen LogP contribution in [0.4, 0.5) is 5.69 Å². The van der Waals surface area contributed by atoms with Crippen LogP contribution in [-0.4, -0.2) is 38.6 Å². The minimum absolute atomic E-state index is 0.622. The number of carbonyl (C=O) groups excluding carboxylic acids is 1. The van der Waals surface area contributed by atoms with Gasteiger partial charge < -0.3 is 16.0 Å². The number of aromatic nitrogens is 1. The molecule has 1 atom stereocenters. The molecular formula is C20H30N4O. The Morgan fingerprint density at radius 2 is 1.96 bits per heavy atom. The summed E-state index contributed by atoms with van der Waals surface area (Å²) in [6.07, 6.45) is 5.14. The van der Waals surface area contributed by atoms with E-state index in [1.165, 1.54) is 29.7 Å². The Hall–Kier alpha value is -2.24. The highest BCUT2D eigenvalue weighted by Gasteiger charge is 2.16. The van der Waals surface area contributed by atoms with Gasteiger partial charge in [-0.3, -0.25) is 9.78 Å². The first-order valence-corrected chi connectivity index (χ1v) is 8.59. The fraction of sp³-hybridized carbons (Fsp3) is 0.400. The van der Waals surface area contributed by atoms with Crippen molar-refractivity contribution >= 4 is 12.1 Å². The molecule has 2 aromatic rings. The maximum atomic E-state index is 9.84. The lowest BCUT2D eigenvalue weighted by Gasteiger charge is -2.10. The quantitative estimate of drug-likeness (QED) is 0.751. The normalized spacial score (nSPS) is 15.3. The van der Waals surface area contributed by atoms with Crippen molar-refractivity contribution in [2.24, 2.45) is 0 Å². The minimum Gasteiger partial charge on any atom is -0.327 e. The summed E-state index contributed by atoms with van der Waals surface area (Å²) in [5.41, 5.74) is 5.04. The van der Waals surface area contributed by atoms with Crippen molar-refractivity contribution in [1.29, 1.82) is 0 Å². The molecule has 0 radical (unpaired) electrons. The minimum atomic E-state index is 0.622. The third-order valence-corrected chi connectivity index (χ3v) is 3.95. The van der Waals surface area contributed by atoms with Crippen molar-refractivity contribution in [2.45, 2.75) is 26.2 Å². The van der Waals surface area contributed by atoms with E-state index in [9.17, 15) is 4.79 Å². The van der Waals surface area contributed by atoms with Crippen molar-refractivity contribution in [2.75, 3.05) is 32.5 Å². The lowest BCUT2D eigenvalue weighted by atomic mass is 9.95. The van der Waals surface area contributed by atoms with Crippen LogP contribution in [-0.2, 0) is 4.79 Å². The lowest BCUT2D eigenvalue weighted by molar-refractivity contribution is -0.105. The Kier molecular flexibility index (Phi) is 10.1. The van der Waals surface area contributed by atoms with E-state index in [2.05, 4.69) is 53.0 Å². The SMILES string of the molecule is CNC.Cc1ccc(C2CCNC2)cc1C.O=CNc1cccnc1. The fourth-order valence-electron chi connectivity index (χ4n) is 2.47. The predicted molar refractivity (Wildman–Crippen MR) is 105 cm³/mol. The zero-order valence-corrected chi connectivity index (χ0v) is 15.7. The molecule has 1 aromatic heterocycles. The molecule has 3 rings (SSSR count). The van der Waals surface area contributed by atoms with Gasteiger partial charge in [0.1, 0.15) is 0 Å². The van der Waals surface area contributed by atoms with Crippen molar-refractivity contribution in [3.8, 4) is 0 Å². The summed E-state index contributed by atoms with van der Waals surface area (Å²) in [4.78, 5) is 13.6. The van der Waals surface area contributed by atoms with Crippen LogP contribution in [0.5, 0.6) is 0 Å². The van der Waals surface area contributed by atoms with Gasteiger partial charge in [-0.15, -0.1) is 0 Å². The van der Waals surface area contributed by atoms with E-state index in [4.69, 9.17) is 0 Å². The van der Waals surface area contributed by atoms with Crippen molar-refractivity contribution in [3.05, 3.63) is 59.4 Å². The first-order chi connectivity index (χ1) is 12.1. The molecule has 5 heteroatoms. The average Bonchev–Trinajstić information content (AvgIpc) is 3.15. The number of hydrogen-bond donors (Lipinski definition) is 3. The molecule has 0 spiro atoms. The third-order valence-electron chi connectivity index (χ3n) is 3.95. The molecule has 3 N–H and O–H groups in total. The summed E-state index contributed by atoms with van der Waals surface area (Å²) in [7, 11) is 3.75. The molecule has 1 fully saturated rings. The molecule has 1 unspecified atom stereocenters. The van der Waals surface area contributed by atoms with E-state index in [1.807, 2.05) is 14.1 Å². The number of rotatable bonds is 3. The second-order valence-corrected chi connectivity index (χ2v) is 6.04. The fourth-order valence-corrected chi connectivity index (χ4v) is 2.47. The highest BCUT2D eigenvalue weighted by molar-refractivity contribution is 5.70. The van der Waals surface area contributed by atoms with E-state index in [1.54, 1.807) is 24.5 Å². The topological polar surface area (TPSA) is 66.0 Å². The summed E-state index contributed by atoms with van der Waals surface area (Å²) in [6.45, 7) is 6.70. The van der Waals surface area contributed by atoms with Gasteiger partial charge in [-0.05, 0) is 75.6 Å². The van der Waals surface area contributed by atoms with Crippen molar-refractivity contribution in [3.63, 3.8) is 0 Å². The molecule has 0 bridgehead atoms. The standard InChI is InChI=1S/C12H17N.C6H6N2O.C2H7N/c1-9-3-4-11(7-10(9)2)12-5-6-13-8-12;9-5-8-6-2-1-3-7-4-6;1-3-2/h3-4,7,12-13H,5-6,8H2,1-2H3;1-5H,(H,8,9);3H,1-2H3. The predicted octanol–water partition coefficient (Wildman–Crippen LogP) is 2.87. The molecule has 1 aliphatic rings. The number of pyridine rings is 1. The van der Waals surface area contributed by atoms with Crippen LogP contribution in [0.3, 0.4) is 0 Å². The summed E-state index contributed by atoms with van der Waals surface area (Å²) >= 11 is 0. The van der Waals surface area contributed by atoms with Gasteiger partial charge in [0, 0.05) is 12.7 Å². The van der Waals surface area contributed by atoms with E-state index in [0.29, 0.717) is 12.1 Å². The number of anilines is 1. The second kappa shape index (κ2) is 12.2. The Labute approximate surface area is 151 Å². The van der Waals surface area contributed by atoms with Crippen LogP contribution in [0.15, 0.2) is 42.7 Å². The van der Waals surface area contributed by atoms with Gasteiger partial charge in [-0.1, -0.05) is 18.2 Å². The molecule has 0 saturated carbocycles. The maximum absolute atomic E-state index is 9.84.